The Morgan fingerprint density at radius 2 is 1.92 bits per heavy atom. The number of aromatic nitrogens is 4. The maximum Gasteiger partial charge on any atom is 0.130 e. The molecular weight excluding hydrogens is 298 g/mol. The van der Waals surface area contributed by atoms with E-state index in [0.717, 1.165) is 35.7 Å². The van der Waals surface area contributed by atoms with E-state index < -0.39 is 0 Å². The van der Waals surface area contributed by atoms with Gasteiger partial charge in [0, 0.05) is 24.0 Å². The van der Waals surface area contributed by atoms with Crippen molar-refractivity contribution < 1.29 is 0 Å². The van der Waals surface area contributed by atoms with Crippen LogP contribution in [-0.2, 0) is 6.42 Å². The highest BCUT2D eigenvalue weighted by molar-refractivity contribution is 5.61. The average molecular weight is 317 g/mol. The second-order valence-corrected chi connectivity index (χ2v) is 6.10. The average Bonchev–Trinajstić information content (AvgIpc) is 2.62. The van der Waals surface area contributed by atoms with Gasteiger partial charge in [-0.1, -0.05) is 24.3 Å². The van der Waals surface area contributed by atoms with Crippen molar-refractivity contribution in [3.8, 4) is 11.3 Å². The minimum atomic E-state index is 0.295. The van der Waals surface area contributed by atoms with E-state index in [9.17, 15) is 0 Å². The van der Waals surface area contributed by atoms with Crippen molar-refractivity contribution >= 4 is 5.82 Å². The molecule has 120 valence electrons. The van der Waals surface area contributed by atoms with E-state index in [0.29, 0.717) is 6.04 Å². The number of aryl methyl sites for hydroxylation is 2. The fraction of sp³-hybridized carbons (Fsp3) is 0.263. The minimum Gasteiger partial charge on any atom is -0.363 e. The van der Waals surface area contributed by atoms with Crippen molar-refractivity contribution in [2.24, 2.45) is 0 Å². The van der Waals surface area contributed by atoms with Crippen LogP contribution in [0.15, 0.2) is 49.1 Å². The lowest BCUT2D eigenvalue weighted by Gasteiger charge is -2.27. The first kappa shape index (κ1) is 14.8. The van der Waals surface area contributed by atoms with Gasteiger partial charge in [0.1, 0.15) is 18.0 Å². The monoisotopic (exact) mass is 317 g/mol. The number of nitrogens with zero attached hydrogens (tertiary/aromatic N) is 4. The van der Waals surface area contributed by atoms with Gasteiger partial charge in [-0.25, -0.2) is 19.9 Å². The zero-order valence-electron chi connectivity index (χ0n) is 13.6. The maximum atomic E-state index is 4.56. The topological polar surface area (TPSA) is 63.6 Å². The van der Waals surface area contributed by atoms with Crippen LogP contribution in [0.5, 0.6) is 0 Å². The first-order chi connectivity index (χ1) is 11.8. The summed E-state index contributed by atoms with van der Waals surface area (Å²) in [7, 11) is 0. The van der Waals surface area contributed by atoms with E-state index >= 15 is 0 Å². The van der Waals surface area contributed by atoms with Crippen molar-refractivity contribution in [2.45, 2.75) is 32.2 Å². The number of benzene rings is 1. The fourth-order valence-corrected chi connectivity index (χ4v) is 3.30. The van der Waals surface area contributed by atoms with Crippen molar-refractivity contribution in [1.82, 2.24) is 19.9 Å². The molecule has 1 unspecified atom stereocenters. The SMILES string of the molecule is Cc1nc(NC2CCCc3ccccc32)cc(-c2cncnc2)n1. The molecule has 1 atom stereocenters. The molecule has 0 saturated heterocycles. The highest BCUT2D eigenvalue weighted by atomic mass is 15.0. The van der Waals surface area contributed by atoms with Crippen LogP contribution in [0.1, 0.15) is 35.8 Å². The number of fused-ring (bicyclic) bond motifs is 1. The molecule has 1 aliphatic rings. The van der Waals surface area contributed by atoms with Gasteiger partial charge in [-0.05, 0) is 37.3 Å². The molecule has 1 aliphatic carbocycles. The van der Waals surface area contributed by atoms with Gasteiger partial charge in [0.15, 0.2) is 0 Å². The van der Waals surface area contributed by atoms with Crippen molar-refractivity contribution in [3.05, 3.63) is 66.0 Å². The lowest BCUT2D eigenvalue weighted by molar-refractivity contribution is 0.598. The number of anilines is 1. The predicted molar refractivity (Wildman–Crippen MR) is 93.5 cm³/mol. The summed E-state index contributed by atoms with van der Waals surface area (Å²) < 4.78 is 0. The van der Waals surface area contributed by atoms with Gasteiger partial charge in [0.05, 0.1) is 11.7 Å². The summed E-state index contributed by atoms with van der Waals surface area (Å²) in [5.74, 6) is 1.59. The van der Waals surface area contributed by atoms with Gasteiger partial charge in [0.25, 0.3) is 0 Å². The van der Waals surface area contributed by atoms with E-state index in [-0.39, 0.29) is 0 Å². The molecule has 0 spiro atoms. The second kappa shape index (κ2) is 6.35. The Kier molecular flexibility index (Phi) is 3.91. The van der Waals surface area contributed by atoms with Gasteiger partial charge in [-0.2, -0.15) is 0 Å². The van der Waals surface area contributed by atoms with E-state index in [2.05, 4.69) is 49.5 Å². The highest BCUT2D eigenvalue weighted by Gasteiger charge is 2.20. The standard InChI is InChI=1S/C19H19N5/c1-13-22-18(15-10-20-12-21-11-15)9-19(23-13)24-17-8-4-6-14-5-2-3-7-16(14)17/h2-3,5,7,9-12,17H,4,6,8H2,1H3,(H,22,23,24). The third kappa shape index (κ3) is 2.97. The van der Waals surface area contributed by atoms with Gasteiger partial charge in [0.2, 0.25) is 0 Å². The Labute approximate surface area is 141 Å². The smallest absolute Gasteiger partial charge is 0.130 e. The van der Waals surface area contributed by atoms with Crippen molar-refractivity contribution in [2.75, 3.05) is 5.32 Å². The molecule has 0 radical (unpaired) electrons. The van der Waals surface area contributed by atoms with E-state index in [4.69, 9.17) is 0 Å². The summed E-state index contributed by atoms with van der Waals surface area (Å²) in [6.07, 6.45) is 8.53. The summed E-state index contributed by atoms with van der Waals surface area (Å²) in [5.41, 5.74) is 4.55. The van der Waals surface area contributed by atoms with Crippen LogP contribution in [0.4, 0.5) is 5.82 Å². The Morgan fingerprint density at radius 3 is 2.79 bits per heavy atom. The molecule has 24 heavy (non-hydrogen) atoms. The van der Waals surface area contributed by atoms with Crippen LogP contribution in [-0.4, -0.2) is 19.9 Å². The van der Waals surface area contributed by atoms with Crippen LogP contribution in [0.25, 0.3) is 11.3 Å². The summed E-state index contributed by atoms with van der Waals surface area (Å²) in [4.78, 5) is 17.2. The number of rotatable bonds is 3. The molecule has 1 N–H and O–H groups in total. The predicted octanol–water partition coefficient (Wildman–Crippen LogP) is 3.73. The number of hydrogen-bond acceptors (Lipinski definition) is 5. The zero-order valence-corrected chi connectivity index (χ0v) is 13.6. The normalized spacial score (nSPS) is 16.5. The Balaban J connectivity index is 1.65. The third-order valence-electron chi connectivity index (χ3n) is 4.39. The Hall–Kier alpha value is -2.82. The lowest BCUT2D eigenvalue weighted by atomic mass is 9.88. The van der Waals surface area contributed by atoms with Crippen LogP contribution in [0, 0.1) is 6.92 Å². The number of nitrogens with one attached hydrogen (secondary N) is 1. The maximum absolute atomic E-state index is 4.56. The molecule has 5 heteroatoms. The van der Waals surface area contributed by atoms with Crippen LogP contribution in [0.3, 0.4) is 0 Å². The molecular formula is C19H19N5. The summed E-state index contributed by atoms with van der Waals surface area (Å²) >= 11 is 0. The van der Waals surface area contributed by atoms with Gasteiger partial charge in [-0.3, -0.25) is 0 Å². The van der Waals surface area contributed by atoms with E-state index in [1.165, 1.54) is 23.9 Å². The molecule has 0 bridgehead atoms. The second-order valence-electron chi connectivity index (χ2n) is 6.10. The first-order valence-corrected chi connectivity index (χ1v) is 8.25. The van der Waals surface area contributed by atoms with E-state index in [1.807, 2.05) is 13.0 Å². The Bertz CT molecular complexity index is 847. The molecule has 0 fully saturated rings. The minimum absolute atomic E-state index is 0.295. The molecule has 1 aromatic carbocycles. The van der Waals surface area contributed by atoms with Gasteiger partial charge < -0.3 is 5.32 Å². The lowest BCUT2D eigenvalue weighted by Crippen LogP contribution is -2.18. The quantitative estimate of drug-likeness (QED) is 0.797. The first-order valence-electron chi connectivity index (χ1n) is 8.25. The summed E-state index contributed by atoms with van der Waals surface area (Å²) in [6.45, 7) is 1.91. The largest absolute Gasteiger partial charge is 0.363 e. The van der Waals surface area contributed by atoms with Gasteiger partial charge >= 0.3 is 0 Å². The van der Waals surface area contributed by atoms with Crippen LogP contribution < -0.4 is 5.32 Å². The molecule has 5 nitrogen and oxygen atoms in total. The van der Waals surface area contributed by atoms with Gasteiger partial charge in [-0.15, -0.1) is 0 Å². The molecule has 0 aliphatic heterocycles. The molecule has 2 aromatic heterocycles. The van der Waals surface area contributed by atoms with Crippen molar-refractivity contribution in [3.63, 3.8) is 0 Å². The fourth-order valence-electron chi connectivity index (χ4n) is 3.30. The van der Waals surface area contributed by atoms with E-state index in [1.54, 1.807) is 12.4 Å². The Morgan fingerprint density at radius 1 is 1.08 bits per heavy atom. The van der Waals surface area contributed by atoms with Crippen molar-refractivity contribution in [1.29, 1.82) is 0 Å². The van der Waals surface area contributed by atoms with Crippen LogP contribution >= 0.6 is 0 Å². The summed E-state index contributed by atoms with van der Waals surface area (Å²) in [5, 5.41) is 3.60. The molecule has 0 saturated carbocycles. The summed E-state index contributed by atoms with van der Waals surface area (Å²) in [6, 6.07) is 10.9. The highest BCUT2D eigenvalue weighted by Crippen LogP contribution is 2.32. The molecule has 0 amide bonds. The third-order valence-corrected chi connectivity index (χ3v) is 4.39. The van der Waals surface area contributed by atoms with Crippen LogP contribution in [0.2, 0.25) is 0 Å². The molecule has 4 rings (SSSR count). The molecule has 2 heterocycles. The number of hydrogen-bond donors (Lipinski definition) is 1. The molecule has 3 aromatic rings. The zero-order chi connectivity index (χ0) is 16.4.